The third kappa shape index (κ3) is 4.02. The zero-order chi connectivity index (χ0) is 21.9. The maximum atomic E-state index is 12.4. The van der Waals surface area contributed by atoms with Crippen LogP contribution < -0.4 is 24.3 Å². The minimum absolute atomic E-state index is 0.138. The van der Waals surface area contributed by atoms with E-state index in [4.69, 9.17) is 18.9 Å². The van der Waals surface area contributed by atoms with Gasteiger partial charge in [-0.2, -0.15) is 0 Å². The fourth-order valence-electron chi connectivity index (χ4n) is 3.51. The summed E-state index contributed by atoms with van der Waals surface area (Å²) in [5.74, 6) is 2.89. The van der Waals surface area contributed by atoms with E-state index in [1.807, 2.05) is 48.5 Å². The summed E-state index contributed by atoms with van der Waals surface area (Å²) in [6.07, 6.45) is 0. The summed E-state index contributed by atoms with van der Waals surface area (Å²) >= 11 is 0. The molecule has 2 heterocycles. The molecule has 8 nitrogen and oxygen atoms in total. The lowest BCUT2D eigenvalue weighted by Crippen LogP contribution is -2.20. The monoisotopic (exact) mass is 431 g/mol. The number of aromatic amines is 1. The van der Waals surface area contributed by atoms with E-state index < -0.39 is 0 Å². The number of ether oxygens (including phenoxy) is 4. The van der Waals surface area contributed by atoms with Crippen LogP contribution in [-0.4, -0.2) is 42.8 Å². The number of aromatic nitrogens is 2. The number of hydrogen-bond acceptors (Lipinski definition) is 6. The van der Waals surface area contributed by atoms with Crippen molar-refractivity contribution in [2.75, 3.05) is 32.2 Å². The first-order valence-electron chi connectivity index (χ1n) is 10.1. The average molecular weight is 431 g/mol. The van der Waals surface area contributed by atoms with Crippen LogP contribution in [0.1, 0.15) is 0 Å². The molecule has 1 aliphatic heterocycles. The molecule has 3 aromatic carbocycles. The third-order valence-corrected chi connectivity index (χ3v) is 4.99. The van der Waals surface area contributed by atoms with Crippen LogP contribution in [0.3, 0.4) is 0 Å². The molecule has 32 heavy (non-hydrogen) atoms. The van der Waals surface area contributed by atoms with Gasteiger partial charge in [0.1, 0.15) is 19.0 Å². The van der Waals surface area contributed by atoms with Crippen LogP contribution in [0, 0.1) is 0 Å². The fourth-order valence-corrected chi connectivity index (χ4v) is 3.51. The maximum absolute atomic E-state index is 12.4. The van der Waals surface area contributed by atoms with Crippen LogP contribution in [0.2, 0.25) is 0 Å². The van der Waals surface area contributed by atoms with Crippen LogP contribution in [0.25, 0.3) is 22.4 Å². The Labute approximate surface area is 184 Å². The van der Waals surface area contributed by atoms with Gasteiger partial charge in [-0.25, -0.2) is 4.98 Å². The van der Waals surface area contributed by atoms with Crippen molar-refractivity contribution >= 4 is 22.6 Å². The Morgan fingerprint density at radius 2 is 1.81 bits per heavy atom. The molecule has 0 unspecified atom stereocenters. The Morgan fingerprint density at radius 3 is 2.62 bits per heavy atom. The number of hydrogen-bond donors (Lipinski definition) is 2. The molecule has 0 fully saturated rings. The first-order valence-corrected chi connectivity index (χ1v) is 10.1. The Balaban J connectivity index is 1.30. The lowest BCUT2D eigenvalue weighted by Gasteiger charge is -2.17. The summed E-state index contributed by atoms with van der Waals surface area (Å²) in [7, 11) is 1.56. The number of para-hydroxylation sites is 2. The minimum Gasteiger partial charge on any atom is -0.493 e. The van der Waals surface area contributed by atoms with Crippen LogP contribution in [0.15, 0.2) is 60.7 Å². The zero-order valence-electron chi connectivity index (χ0n) is 17.4. The van der Waals surface area contributed by atoms with Gasteiger partial charge in [0.15, 0.2) is 29.6 Å². The molecule has 0 spiro atoms. The van der Waals surface area contributed by atoms with Crippen molar-refractivity contribution < 1.29 is 23.7 Å². The molecule has 8 heteroatoms. The molecule has 1 aliphatic rings. The number of carbonyl (C=O) groups excluding carboxylic acids is 1. The summed E-state index contributed by atoms with van der Waals surface area (Å²) in [5.41, 5.74) is 3.11. The predicted molar refractivity (Wildman–Crippen MR) is 120 cm³/mol. The van der Waals surface area contributed by atoms with Crippen LogP contribution >= 0.6 is 0 Å². The number of anilines is 1. The number of fused-ring (bicyclic) bond motifs is 2. The molecule has 0 bridgehead atoms. The predicted octanol–water partition coefficient (Wildman–Crippen LogP) is 4.03. The highest BCUT2D eigenvalue weighted by atomic mass is 16.6. The van der Waals surface area contributed by atoms with Crippen molar-refractivity contribution in [3.63, 3.8) is 0 Å². The smallest absolute Gasteiger partial charge is 0.262 e. The van der Waals surface area contributed by atoms with E-state index in [2.05, 4.69) is 15.3 Å². The summed E-state index contributed by atoms with van der Waals surface area (Å²) in [4.78, 5) is 20.4. The second-order valence-corrected chi connectivity index (χ2v) is 7.17. The maximum Gasteiger partial charge on any atom is 0.262 e. The van der Waals surface area contributed by atoms with E-state index in [0.717, 1.165) is 16.6 Å². The van der Waals surface area contributed by atoms with Crippen molar-refractivity contribution in [1.29, 1.82) is 0 Å². The van der Waals surface area contributed by atoms with Crippen molar-refractivity contribution in [1.82, 2.24) is 9.97 Å². The molecule has 162 valence electrons. The Hall–Kier alpha value is -4.20. The van der Waals surface area contributed by atoms with Gasteiger partial charge in [0.05, 0.1) is 18.1 Å². The second-order valence-electron chi connectivity index (χ2n) is 7.17. The first kappa shape index (κ1) is 19.7. The molecule has 0 radical (unpaired) electrons. The number of imidazole rings is 1. The van der Waals surface area contributed by atoms with Gasteiger partial charge in [0.25, 0.3) is 5.91 Å². The van der Waals surface area contributed by atoms with Crippen LogP contribution in [0.5, 0.6) is 23.0 Å². The summed E-state index contributed by atoms with van der Waals surface area (Å²) < 4.78 is 22.1. The highest BCUT2D eigenvalue weighted by Crippen LogP contribution is 2.35. The lowest BCUT2D eigenvalue weighted by molar-refractivity contribution is -0.118. The lowest BCUT2D eigenvalue weighted by atomic mass is 10.2. The van der Waals surface area contributed by atoms with E-state index >= 15 is 0 Å². The van der Waals surface area contributed by atoms with Gasteiger partial charge in [-0.1, -0.05) is 24.3 Å². The molecular formula is C24H21N3O5. The molecule has 0 aliphatic carbocycles. The Bertz CT molecular complexity index is 1240. The molecule has 0 atom stereocenters. The average Bonchev–Trinajstić information content (AvgIpc) is 3.24. The molecule has 0 saturated carbocycles. The number of amides is 1. The summed E-state index contributed by atoms with van der Waals surface area (Å²) in [6.45, 7) is 0.918. The summed E-state index contributed by atoms with van der Waals surface area (Å²) in [5, 5.41) is 2.85. The van der Waals surface area contributed by atoms with E-state index in [9.17, 15) is 4.79 Å². The SMILES string of the molecule is COc1ccccc1OCC(=O)Nc1cccc(-c2nc3cc4c(cc3[nH]2)OCCO4)c1. The number of methoxy groups -OCH3 is 1. The zero-order valence-corrected chi connectivity index (χ0v) is 17.4. The van der Waals surface area contributed by atoms with E-state index in [0.29, 0.717) is 47.7 Å². The van der Waals surface area contributed by atoms with Crippen molar-refractivity contribution in [2.45, 2.75) is 0 Å². The second kappa shape index (κ2) is 8.50. The largest absolute Gasteiger partial charge is 0.493 e. The van der Waals surface area contributed by atoms with E-state index in [1.165, 1.54) is 0 Å². The number of nitrogens with one attached hydrogen (secondary N) is 2. The number of H-pyrrole nitrogens is 1. The number of carbonyl (C=O) groups is 1. The van der Waals surface area contributed by atoms with Gasteiger partial charge in [0, 0.05) is 23.4 Å². The van der Waals surface area contributed by atoms with Crippen molar-refractivity contribution in [3.8, 4) is 34.4 Å². The molecule has 1 aromatic heterocycles. The topological polar surface area (TPSA) is 94.7 Å². The van der Waals surface area contributed by atoms with Gasteiger partial charge in [-0.05, 0) is 24.3 Å². The highest BCUT2D eigenvalue weighted by Gasteiger charge is 2.16. The normalized spacial score (nSPS) is 12.4. The standard InChI is InChI=1S/C24H21N3O5/c1-29-19-7-2-3-8-20(19)32-14-23(28)25-16-6-4-5-15(11-16)24-26-17-12-21-22(13-18(17)27-24)31-10-9-30-21/h2-8,11-13H,9-10,14H2,1H3,(H,25,28)(H,26,27). The number of nitrogens with zero attached hydrogens (tertiary/aromatic N) is 1. The van der Waals surface area contributed by atoms with Gasteiger partial charge >= 0.3 is 0 Å². The van der Waals surface area contributed by atoms with Gasteiger partial charge < -0.3 is 29.2 Å². The number of benzene rings is 3. The third-order valence-electron chi connectivity index (χ3n) is 4.99. The van der Waals surface area contributed by atoms with Gasteiger partial charge in [-0.3, -0.25) is 4.79 Å². The van der Waals surface area contributed by atoms with Gasteiger partial charge in [0.2, 0.25) is 0 Å². The van der Waals surface area contributed by atoms with Gasteiger partial charge in [-0.15, -0.1) is 0 Å². The van der Waals surface area contributed by atoms with Crippen LogP contribution in [0.4, 0.5) is 5.69 Å². The number of rotatable bonds is 6. The Morgan fingerprint density at radius 1 is 1.03 bits per heavy atom. The van der Waals surface area contributed by atoms with Crippen LogP contribution in [-0.2, 0) is 4.79 Å². The first-order chi connectivity index (χ1) is 15.7. The molecule has 4 aromatic rings. The van der Waals surface area contributed by atoms with E-state index in [1.54, 1.807) is 19.2 Å². The Kier molecular flexibility index (Phi) is 5.25. The van der Waals surface area contributed by atoms with E-state index in [-0.39, 0.29) is 12.5 Å². The quantitative estimate of drug-likeness (QED) is 0.479. The molecule has 0 saturated heterocycles. The van der Waals surface area contributed by atoms with Crippen molar-refractivity contribution in [3.05, 3.63) is 60.7 Å². The highest BCUT2D eigenvalue weighted by molar-refractivity contribution is 5.92. The van der Waals surface area contributed by atoms with Crippen molar-refractivity contribution in [2.24, 2.45) is 0 Å². The summed E-state index contributed by atoms with van der Waals surface area (Å²) in [6, 6.07) is 18.4. The fraction of sp³-hybridized carbons (Fsp3) is 0.167. The molecule has 1 amide bonds. The molecule has 5 rings (SSSR count). The minimum atomic E-state index is -0.278. The molecular weight excluding hydrogens is 410 g/mol. The molecule has 2 N–H and O–H groups in total.